The van der Waals surface area contributed by atoms with Crippen molar-refractivity contribution in [2.45, 2.75) is 46.5 Å². The number of nitrogens with zero attached hydrogens (tertiary/aromatic N) is 2. The molecule has 0 bridgehead atoms. The Balaban J connectivity index is 1.87. The molecule has 3 heteroatoms. The second kappa shape index (κ2) is 9.06. The van der Waals surface area contributed by atoms with Crippen LogP contribution in [0.15, 0.2) is 97.1 Å². The minimum Gasteiger partial charge on any atom is -0.360 e. The van der Waals surface area contributed by atoms with Crippen molar-refractivity contribution >= 4 is 35.2 Å². The summed E-state index contributed by atoms with van der Waals surface area (Å²) in [4.78, 5) is 5.08. The highest BCUT2D eigenvalue weighted by atomic mass is 15.3. The Morgan fingerprint density at radius 3 is 1.56 bits per heavy atom. The van der Waals surface area contributed by atoms with E-state index in [9.17, 15) is 0 Å². The topological polar surface area (TPSA) is 6.48 Å². The first-order valence-corrected chi connectivity index (χ1v) is 12.4. The number of anilines is 4. The Kier molecular flexibility index (Phi) is 5.95. The number of para-hydroxylation sites is 2. The van der Waals surface area contributed by atoms with Crippen LogP contribution in [0.3, 0.4) is 0 Å². The van der Waals surface area contributed by atoms with Gasteiger partial charge in [0.1, 0.15) is 0 Å². The van der Waals surface area contributed by atoms with Crippen molar-refractivity contribution in [2.24, 2.45) is 0 Å². The van der Waals surface area contributed by atoms with Gasteiger partial charge in [0.05, 0.1) is 11.4 Å². The van der Waals surface area contributed by atoms with Crippen LogP contribution in [-0.2, 0) is 0 Å². The van der Waals surface area contributed by atoms with Crippen molar-refractivity contribution < 1.29 is 0 Å². The fraction of sp³-hybridized carbons (Fsp3) is 0.226. The van der Waals surface area contributed by atoms with Gasteiger partial charge in [-0.3, -0.25) is 0 Å². The predicted molar refractivity (Wildman–Crippen MR) is 148 cm³/mol. The summed E-state index contributed by atoms with van der Waals surface area (Å²) in [5.74, 6) is 0.851. The Bertz CT molecular complexity index is 1260. The molecule has 1 aliphatic heterocycles. The summed E-state index contributed by atoms with van der Waals surface area (Å²) in [7, 11) is 0. The van der Waals surface area contributed by atoms with E-state index in [0.717, 1.165) is 0 Å². The minimum atomic E-state index is 0.0256. The quantitative estimate of drug-likeness (QED) is 0.289. The second-order valence-electron chi connectivity index (χ2n) is 9.94. The predicted octanol–water partition coefficient (Wildman–Crippen LogP) is 7.93. The standard InChI is InChI=1S/C31H33BN2/c1-22(2)27-17-12-18-28(23(3)4)31(27)32-33(25-13-8-6-9-14-25)29-20-19-24(5)21-30(29)34(32)26-15-10-7-11-16-26/h6-23H,1-5H3. The van der Waals surface area contributed by atoms with E-state index < -0.39 is 0 Å². The van der Waals surface area contributed by atoms with E-state index in [0.29, 0.717) is 11.8 Å². The van der Waals surface area contributed by atoms with Gasteiger partial charge < -0.3 is 9.62 Å². The third-order valence-electron chi connectivity index (χ3n) is 6.88. The average Bonchev–Trinajstić information content (AvgIpc) is 3.18. The van der Waals surface area contributed by atoms with Crippen molar-refractivity contribution in [3.63, 3.8) is 0 Å². The molecule has 4 aromatic carbocycles. The van der Waals surface area contributed by atoms with E-state index in [1.165, 1.54) is 44.9 Å². The fourth-order valence-electron chi connectivity index (χ4n) is 5.31. The lowest BCUT2D eigenvalue weighted by Crippen LogP contribution is -2.55. The molecule has 2 nitrogen and oxygen atoms in total. The molecule has 4 aromatic rings. The number of benzene rings is 4. The molecule has 1 heterocycles. The summed E-state index contributed by atoms with van der Waals surface area (Å²) < 4.78 is 0. The van der Waals surface area contributed by atoms with Gasteiger partial charge >= 0.3 is 6.98 Å². The summed E-state index contributed by atoms with van der Waals surface area (Å²) in [5, 5.41) is 0. The molecule has 1 aliphatic rings. The molecule has 0 amide bonds. The van der Waals surface area contributed by atoms with Crippen molar-refractivity contribution in [3.05, 3.63) is 114 Å². The molecular formula is C31H33BN2. The van der Waals surface area contributed by atoms with Gasteiger partial charge in [-0.1, -0.05) is 88.4 Å². The summed E-state index contributed by atoms with van der Waals surface area (Å²) in [5.41, 5.74) is 10.5. The lowest BCUT2D eigenvalue weighted by Gasteiger charge is -2.34. The second-order valence-corrected chi connectivity index (χ2v) is 9.94. The SMILES string of the molecule is Cc1ccc2c(c1)N(c1ccccc1)B(c1c(C(C)C)cccc1C(C)C)N2c1ccccc1. The van der Waals surface area contributed by atoms with Crippen LogP contribution in [0.25, 0.3) is 0 Å². The fourth-order valence-corrected chi connectivity index (χ4v) is 5.31. The van der Waals surface area contributed by atoms with Gasteiger partial charge in [-0.05, 0) is 77.3 Å². The number of hydrogen-bond donors (Lipinski definition) is 0. The average molecular weight is 444 g/mol. The van der Waals surface area contributed by atoms with Gasteiger partial charge in [0.25, 0.3) is 0 Å². The maximum Gasteiger partial charge on any atom is 0.421 e. The van der Waals surface area contributed by atoms with Gasteiger partial charge in [-0.15, -0.1) is 0 Å². The zero-order chi connectivity index (χ0) is 23.8. The first-order valence-electron chi connectivity index (χ1n) is 12.4. The molecule has 5 rings (SSSR count). The third-order valence-corrected chi connectivity index (χ3v) is 6.88. The molecule has 0 saturated heterocycles. The first-order chi connectivity index (χ1) is 16.5. The molecule has 0 saturated carbocycles. The zero-order valence-corrected chi connectivity index (χ0v) is 20.9. The van der Waals surface area contributed by atoms with E-state index in [4.69, 9.17) is 0 Å². The van der Waals surface area contributed by atoms with Crippen LogP contribution in [0.1, 0.15) is 56.2 Å². The molecule has 0 atom stereocenters. The maximum absolute atomic E-state index is 2.54. The van der Waals surface area contributed by atoms with Crippen LogP contribution in [-0.4, -0.2) is 6.98 Å². The van der Waals surface area contributed by atoms with E-state index in [1.807, 2.05) is 0 Å². The van der Waals surface area contributed by atoms with Crippen molar-refractivity contribution in [2.75, 3.05) is 9.62 Å². The van der Waals surface area contributed by atoms with Crippen LogP contribution in [0.4, 0.5) is 22.7 Å². The Morgan fingerprint density at radius 2 is 1.06 bits per heavy atom. The molecule has 0 radical (unpaired) electrons. The first kappa shape index (κ1) is 22.3. The lowest BCUT2D eigenvalue weighted by atomic mass is 9.58. The van der Waals surface area contributed by atoms with Gasteiger partial charge in [-0.2, -0.15) is 0 Å². The Labute approximate surface area is 205 Å². The molecule has 0 aliphatic carbocycles. The third kappa shape index (κ3) is 3.79. The van der Waals surface area contributed by atoms with Crippen LogP contribution < -0.4 is 15.1 Å². The normalized spacial score (nSPS) is 13.2. The number of aryl methyl sites for hydroxylation is 1. The van der Waals surface area contributed by atoms with Crippen molar-refractivity contribution in [3.8, 4) is 0 Å². The van der Waals surface area contributed by atoms with Crippen molar-refractivity contribution in [1.82, 2.24) is 0 Å². The smallest absolute Gasteiger partial charge is 0.360 e. The number of hydrogen-bond acceptors (Lipinski definition) is 2. The summed E-state index contributed by atoms with van der Waals surface area (Å²) in [6, 6.07) is 35.5. The molecule has 0 unspecified atom stereocenters. The molecule has 0 spiro atoms. The van der Waals surface area contributed by atoms with E-state index in [2.05, 4.69) is 141 Å². The Morgan fingerprint density at radius 1 is 0.559 bits per heavy atom. The van der Waals surface area contributed by atoms with Crippen LogP contribution in [0, 0.1) is 6.92 Å². The van der Waals surface area contributed by atoms with Crippen LogP contribution in [0.5, 0.6) is 0 Å². The molecule has 0 aromatic heterocycles. The van der Waals surface area contributed by atoms with Gasteiger partial charge in [0, 0.05) is 11.4 Å². The molecule has 34 heavy (non-hydrogen) atoms. The minimum absolute atomic E-state index is 0.0256. The van der Waals surface area contributed by atoms with Gasteiger partial charge in [0.15, 0.2) is 0 Å². The van der Waals surface area contributed by atoms with E-state index >= 15 is 0 Å². The molecule has 0 N–H and O–H groups in total. The number of rotatable bonds is 5. The maximum atomic E-state index is 2.54. The van der Waals surface area contributed by atoms with E-state index in [-0.39, 0.29) is 6.98 Å². The highest BCUT2D eigenvalue weighted by Crippen LogP contribution is 2.47. The Hall–Kier alpha value is -3.46. The van der Waals surface area contributed by atoms with Gasteiger partial charge in [0.2, 0.25) is 0 Å². The molecular weight excluding hydrogens is 411 g/mol. The van der Waals surface area contributed by atoms with Gasteiger partial charge in [-0.25, -0.2) is 0 Å². The van der Waals surface area contributed by atoms with Crippen LogP contribution in [0.2, 0.25) is 0 Å². The lowest BCUT2D eigenvalue weighted by molar-refractivity contribution is 0.844. The van der Waals surface area contributed by atoms with Crippen molar-refractivity contribution in [1.29, 1.82) is 0 Å². The summed E-state index contributed by atoms with van der Waals surface area (Å²) >= 11 is 0. The highest BCUT2D eigenvalue weighted by molar-refractivity contribution is 6.85. The highest BCUT2D eigenvalue weighted by Gasteiger charge is 2.45. The zero-order valence-electron chi connectivity index (χ0n) is 20.9. The molecule has 170 valence electrons. The number of fused-ring (bicyclic) bond motifs is 1. The monoisotopic (exact) mass is 444 g/mol. The summed E-state index contributed by atoms with van der Waals surface area (Å²) in [6.45, 7) is 11.5. The van der Waals surface area contributed by atoms with Crippen LogP contribution >= 0.6 is 0 Å². The molecule has 0 fully saturated rings. The largest absolute Gasteiger partial charge is 0.421 e. The van der Waals surface area contributed by atoms with E-state index in [1.54, 1.807) is 0 Å². The summed E-state index contributed by atoms with van der Waals surface area (Å²) in [6.07, 6.45) is 0.